The fourth-order valence-corrected chi connectivity index (χ4v) is 3.60. The minimum absolute atomic E-state index is 0.145. The highest BCUT2D eigenvalue weighted by Crippen LogP contribution is 2.23. The molecular weight excluding hydrogens is 352 g/mol. The van der Waals surface area contributed by atoms with E-state index < -0.39 is 0 Å². The highest BCUT2D eigenvalue weighted by atomic mass is 16.5. The molecule has 1 atom stereocenters. The summed E-state index contributed by atoms with van der Waals surface area (Å²) in [6, 6.07) is 8.30. The number of ether oxygens (including phenoxy) is 1. The molecule has 1 aliphatic heterocycles. The Hall–Kier alpha value is -2.24. The molecule has 1 aromatic rings. The number of carbonyl (C=O) groups excluding carboxylic acids is 1. The molecule has 156 valence electrons. The summed E-state index contributed by atoms with van der Waals surface area (Å²) in [5.41, 5.74) is 1.32. The van der Waals surface area contributed by atoms with E-state index in [9.17, 15) is 4.79 Å². The molecule has 28 heavy (non-hydrogen) atoms. The normalized spacial score (nSPS) is 16.6. The third-order valence-corrected chi connectivity index (χ3v) is 5.51. The maximum atomic E-state index is 11.6. The number of likely N-dealkylation sites (tertiary alicyclic amines) is 1. The summed E-state index contributed by atoms with van der Waals surface area (Å²) >= 11 is 0. The second-order valence-electron chi connectivity index (χ2n) is 7.51. The molecule has 2 rings (SSSR count). The Morgan fingerprint density at radius 1 is 1.29 bits per heavy atom. The largest absolute Gasteiger partial charge is 0.497 e. The predicted molar refractivity (Wildman–Crippen MR) is 115 cm³/mol. The Morgan fingerprint density at radius 2 is 1.96 bits per heavy atom. The minimum atomic E-state index is 0.145. The Balaban J connectivity index is 1.85. The Morgan fingerprint density at radius 3 is 2.54 bits per heavy atom. The molecule has 1 unspecified atom stereocenters. The van der Waals surface area contributed by atoms with Crippen LogP contribution in [-0.4, -0.2) is 57.1 Å². The van der Waals surface area contributed by atoms with Gasteiger partial charge in [-0.15, -0.1) is 0 Å². The van der Waals surface area contributed by atoms with Gasteiger partial charge in [0.25, 0.3) is 0 Å². The van der Waals surface area contributed by atoms with Gasteiger partial charge < -0.3 is 20.3 Å². The number of methoxy groups -OCH3 is 1. The molecule has 1 heterocycles. The van der Waals surface area contributed by atoms with E-state index in [1.807, 2.05) is 12.1 Å². The lowest BCUT2D eigenvalue weighted by molar-refractivity contribution is -0.121. The molecule has 1 amide bonds. The lowest BCUT2D eigenvalue weighted by Gasteiger charge is -2.34. The van der Waals surface area contributed by atoms with Gasteiger partial charge >= 0.3 is 0 Å². The SMILES string of the molecule is CCNC(=NCCC(C)c1ccc(OC)cc1)N1CCC(CC(=O)NC)CC1. The molecule has 1 saturated heterocycles. The highest BCUT2D eigenvalue weighted by Gasteiger charge is 2.23. The van der Waals surface area contributed by atoms with Crippen LogP contribution in [0.3, 0.4) is 0 Å². The number of guanidine groups is 1. The number of rotatable bonds is 8. The van der Waals surface area contributed by atoms with Crippen LogP contribution in [0.25, 0.3) is 0 Å². The summed E-state index contributed by atoms with van der Waals surface area (Å²) in [7, 11) is 3.40. The quantitative estimate of drug-likeness (QED) is 0.531. The first-order valence-corrected chi connectivity index (χ1v) is 10.4. The van der Waals surface area contributed by atoms with Crippen molar-refractivity contribution < 1.29 is 9.53 Å². The van der Waals surface area contributed by atoms with Crippen LogP contribution in [0.15, 0.2) is 29.3 Å². The minimum Gasteiger partial charge on any atom is -0.497 e. The van der Waals surface area contributed by atoms with Gasteiger partial charge in [-0.05, 0) is 55.7 Å². The van der Waals surface area contributed by atoms with Crippen molar-refractivity contribution in [1.82, 2.24) is 15.5 Å². The molecule has 0 aliphatic carbocycles. The molecular formula is C22H36N4O2. The van der Waals surface area contributed by atoms with Crippen LogP contribution < -0.4 is 15.4 Å². The predicted octanol–water partition coefficient (Wildman–Crippen LogP) is 3.00. The third kappa shape index (κ3) is 6.73. The summed E-state index contributed by atoms with van der Waals surface area (Å²) in [5.74, 6) is 2.97. The van der Waals surface area contributed by atoms with Gasteiger partial charge in [0.1, 0.15) is 5.75 Å². The number of nitrogens with zero attached hydrogens (tertiary/aromatic N) is 2. The average Bonchev–Trinajstić information content (AvgIpc) is 2.73. The van der Waals surface area contributed by atoms with Crippen molar-refractivity contribution >= 4 is 11.9 Å². The fraction of sp³-hybridized carbons (Fsp3) is 0.636. The molecule has 6 heteroatoms. The molecule has 2 N–H and O–H groups in total. The highest BCUT2D eigenvalue weighted by molar-refractivity contribution is 5.80. The van der Waals surface area contributed by atoms with Gasteiger partial charge in [0.15, 0.2) is 5.96 Å². The first kappa shape index (κ1) is 22.1. The number of hydrogen-bond acceptors (Lipinski definition) is 3. The van der Waals surface area contributed by atoms with Crippen molar-refractivity contribution in [1.29, 1.82) is 0 Å². The van der Waals surface area contributed by atoms with E-state index in [-0.39, 0.29) is 5.91 Å². The van der Waals surface area contributed by atoms with Crippen LogP contribution in [0, 0.1) is 5.92 Å². The van der Waals surface area contributed by atoms with Gasteiger partial charge in [-0.25, -0.2) is 0 Å². The molecule has 1 aromatic carbocycles. The molecule has 0 radical (unpaired) electrons. The van der Waals surface area contributed by atoms with Crippen molar-refractivity contribution in [3.8, 4) is 5.75 Å². The number of benzene rings is 1. The van der Waals surface area contributed by atoms with Crippen LogP contribution in [0.5, 0.6) is 5.75 Å². The van der Waals surface area contributed by atoms with E-state index in [2.05, 4.69) is 41.5 Å². The fourth-order valence-electron chi connectivity index (χ4n) is 3.60. The van der Waals surface area contributed by atoms with Crippen molar-refractivity contribution in [3.05, 3.63) is 29.8 Å². The molecule has 1 fully saturated rings. The van der Waals surface area contributed by atoms with Gasteiger partial charge in [0, 0.05) is 39.6 Å². The van der Waals surface area contributed by atoms with Crippen molar-refractivity contribution in [2.45, 2.75) is 45.4 Å². The number of amides is 1. The number of aliphatic imine (C=N–C) groups is 1. The Kier molecular flexibility index (Phi) is 9.11. The Bertz CT molecular complexity index is 622. The number of piperidine rings is 1. The van der Waals surface area contributed by atoms with E-state index in [1.165, 1.54) is 5.56 Å². The van der Waals surface area contributed by atoms with Gasteiger partial charge in [0.2, 0.25) is 5.91 Å². The summed E-state index contributed by atoms with van der Waals surface area (Å²) in [5, 5.41) is 6.16. The van der Waals surface area contributed by atoms with Crippen LogP contribution in [0.4, 0.5) is 0 Å². The van der Waals surface area contributed by atoms with Gasteiger partial charge in [-0.1, -0.05) is 19.1 Å². The number of nitrogens with one attached hydrogen (secondary N) is 2. The lowest BCUT2D eigenvalue weighted by Crippen LogP contribution is -2.46. The zero-order valence-electron chi connectivity index (χ0n) is 17.8. The average molecular weight is 389 g/mol. The van der Waals surface area contributed by atoms with Crippen LogP contribution in [0.1, 0.15) is 51.0 Å². The molecule has 0 saturated carbocycles. The first-order valence-electron chi connectivity index (χ1n) is 10.4. The maximum Gasteiger partial charge on any atom is 0.220 e. The maximum absolute atomic E-state index is 11.6. The standard InChI is InChI=1S/C22H36N4O2/c1-5-24-22(26-14-11-18(12-15-26)16-21(27)23-3)25-13-10-17(2)19-6-8-20(28-4)9-7-19/h6-9,17-18H,5,10-16H2,1-4H3,(H,23,27)(H,24,25). The summed E-state index contributed by atoms with van der Waals surface area (Å²) in [6.45, 7) is 7.93. The van der Waals surface area contributed by atoms with Gasteiger partial charge in [0.05, 0.1) is 7.11 Å². The monoisotopic (exact) mass is 388 g/mol. The van der Waals surface area contributed by atoms with Crippen molar-refractivity contribution in [2.75, 3.05) is 40.3 Å². The summed E-state index contributed by atoms with van der Waals surface area (Å²) in [6.07, 6.45) is 3.73. The second-order valence-corrected chi connectivity index (χ2v) is 7.51. The van der Waals surface area contributed by atoms with E-state index in [0.29, 0.717) is 18.3 Å². The zero-order chi connectivity index (χ0) is 20.4. The first-order chi connectivity index (χ1) is 13.6. The molecule has 0 spiro atoms. The van der Waals surface area contributed by atoms with Crippen molar-refractivity contribution in [3.63, 3.8) is 0 Å². The number of carbonyl (C=O) groups is 1. The van der Waals surface area contributed by atoms with Crippen LogP contribution >= 0.6 is 0 Å². The summed E-state index contributed by atoms with van der Waals surface area (Å²) in [4.78, 5) is 18.8. The van der Waals surface area contributed by atoms with Crippen molar-refractivity contribution in [2.24, 2.45) is 10.9 Å². The van der Waals surface area contributed by atoms with Gasteiger partial charge in [-0.2, -0.15) is 0 Å². The molecule has 6 nitrogen and oxygen atoms in total. The van der Waals surface area contributed by atoms with E-state index in [1.54, 1.807) is 14.2 Å². The van der Waals surface area contributed by atoms with Gasteiger partial charge in [-0.3, -0.25) is 9.79 Å². The topological polar surface area (TPSA) is 66.0 Å². The second kappa shape index (κ2) is 11.6. The molecule has 1 aliphatic rings. The Labute approximate surface area is 169 Å². The van der Waals surface area contributed by atoms with Crippen LogP contribution in [0.2, 0.25) is 0 Å². The smallest absolute Gasteiger partial charge is 0.220 e. The molecule has 0 aromatic heterocycles. The zero-order valence-corrected chi connectivity index (χ0v) is 17.8. The lowest BCUT2D eigenvalue weighted by atomic mass is 9.93. The number of hydrogen-bond donors (Lipinski definition) is 2. The summed E-state index contributed by atoms with van der Waals surface area (Å²) < 4.78 is 5.23. The van der Waals surface area contributed by atoms with Crippen LogP contribution in [-0.2, 0) is 4.79 Å². The van der Waals surface area contributed by atoms with E-state index in [4.69, 9.17) is 9.73 Å². The van der Waals surface area contributed by atoms with E-state index >= 15 is 0 Å². The molecule has 0 bridgehead atoms. The van der Waals surface area contributed by atoms with E-state index in [0.717, 1.165) is 57.2 Å². The third-order valence-electron chi connectivity index (χ3n) is 5.51.